The van der Waals surface area contributed by atoms with Gasteiger partial charge in [0.25, 0.3) is 0 Å². The van der Waals surface area contributed by atoms with E-state index in [9.17, 15) is 4.79 Å². The molecule has 0 unspecified atom stereocenters. The minimum absolute atomic E-state index is 0. The number of carboxylic acid groups (broad SMARTS) is 1. The van der Waals surface area contributed by atoms with Crippen molar-refractivity contribution < 1.29 is 9.90 Å². The molecule has 7 heavy (non-hydrogen) atoms. The Hall–Kier alpha value is 3.09. The summed E-state index contributed by atoms with van der Waals surface area (Å²) < 4.78 is 0. The van der Waals surface area contributed by atoms with Crippen LogP contribution in [0.5, 0.6) is 0 Å². The molecule has 0 aliphatic carbocycles. The van der Waals surface area contributed by atoms with Gasteiger partial charge in [-0.05, 0) is 0 Å². The zero-order valence-corrected chi connectivity index (χ0v) is 3.40. The molecule has 0 aromatic rings. The Morgan fingerprint density at radius 3 is 1.71 bits per heavy atom. The second kappa shape index (κ2) is 11.8. The topological polar surface area (TPSA) is 37.3 Å². The monoisotopic (exact) mass is 172 g/mol. The molecule has 0 aromatic carbocycles. The fourth-order valence-corrected chi connectivity index (χ4v) is 0. The van der Waals surface area contributed by atoms with Crippen molar-refractivity contribution >= 4 is 121 Å². The van der Waals surface area contributed by atoms with Crippen LogP contribution in [0.2, 0.25) is 0 Å². The molecule has 5 heteroatoms. The first kappa shape index (κ1) is 16.6. The van der Waals surface area contributed by atoms with Crippen molar-refractivity contribution in [3.8, 4) is 0 Å². The van der Waals surface area contributed by atoms with Crippen molar-refractivity contribution in [2.75, 3.05) is 5.75 Å². The molecule has 0 aromatic heterocycles. The van der Waals surface area contributed by atoms with Gasteiger partial charge >= 0.3 is 109 Å². The first-order valence-corrected chi connectivity index (χ1v) is 1.73. The van der Waals surface area contributed by atoms with E-state index in [-0.39, 0.29) is 109 Å². The van der Waals surface area contributed by atoms with E-state index < -0.39 is 5.97 Å². The first-order valence-electron chi connectivity index (χ1n) is 1.10. The Bertz CT molecular complexity index is 49.0. The van der Waals surface area contributed by atoms with E-state index in [0.717, 1.165) is 0 Å². The third-order valence-corrected chi connectivity index (χ3v) is 0.406. The van der Waals surface area contributed by atoms with Gasteiger partial charge in [0.15, 0.2) is 0 Å². The average Bonchev–Trinajstić information content (AvgIpc) is 1.38. The molecule has 0 aliphatic rings. The van der Waals surface area contributed by atoms with E-state index >= 15 is 0 Å². The quantitative estimate of drug-likeness (QED) is 0.381. The second-order valence-corrected chi connectivity index (χ2v) is 0.868. The molecule has 0 saturated carbocycles. The Morgan fingerprint density at radius 1 is 1.57 bits per heavy atom. The van der Waals surface area contributed by atoms with Gasteiger partial charge in [0.2, 0.25) is 0 Å². The van der Waals surface area contributed by atoms with E-state index in [4.69, 9.17) is 5.11 Å². The second-order valence-electron chi connectivity index (χ2n) is 0.552. The van der Waals surface area contributed by atoms with Gasteiger partial charge in [0.1, 0.15) is 0 Å². The Labute approximate surface area is 133 Å². The summed E-state index contributed by atoms with van der Waals surface area (Å²) in [6.45, 7) is 0. The summed E-state index contributed by atoms with van der Waals surface area (Å²) in [6, 6.07) is 0. The predicted octanol–water partition coefficient (Wildman–Crippen LogP) is -1.30. The molecular weight excluding hydrogens is 166 g/mol. The van der Waals surface area contributed by atoms with Crippen LogP contribution in [0, 0.1) is 0 Å². The summed E-state index contributed by atoms with van der Waals surface area (Å²) in [5, 5.41) is 7.65. The standard InChI is InChI=1S/C2H4O2S.2K.2H/c3-2(4)1-5;;;;/h5H,1H2,(H,3,4);;;;. The molecule has 0 saturated heterocycles. The van der Waals surface area contributed by atoms with Gasteiger partial charge in [-0.25, -0.2) is 0 Å². The normalized spacial score (nSPS) is 5.29. The summed E-state index contributed by atoms with van der Waals surface area (Å²) in [5.74, 6) is -0.965. The van der Waals surface area contributed by atoms with E-state index in [2.05, 4.69) is 12.6 Å². The van der Waals surface area contributed by atoms with E-state index in [1.807, 2.05) is 0 Å². The Morgan fingerprint density at radius 2 is 1.71 bits per heavy atom. The molecule has 0 spiro atoms. The molecular formula is C2H6K2O2S. The van der Waals surface area contributed by atoms with Crippen molar-refractivity contribution in [2.45, 2.75) is 0 Å². The fraction of sp³-hybridized carbons (Fsp3) is 0.500. The maximum absolute atomic E-state index is 9.29. The van der Waals surface area contributed by atoms with Crippen LogP contribution in [0.3, 0.4) is 0 Å². The number of carboxylic acids is 1. The zero-order chi connectivity index (χ0) is 4.28. The van der Waals surface area contributed by atoms with Crippen molar-refractivity contribution in [1.82, 2.24) is 0 Å². The number of hydrogen-bond donors (Lipinski definition) is 2. The van der Waals surface area contributed by atoms with Gasteiger partial charge in [-0.3, -0.25) is 4.79 Å². The van der Waals surface area contributed by atoms with Gasteiger partial charge in [-0.15, -0.1) is 0 Å². The number of aliphatic carboxylic acids is 1. The summed E-state index contributed by atoms with van der Waals surface area (Å²) in [5.41, 5.74) is 0. The predicted molar refractivity (Wildman–Crippen MR) is 35.8 cm³/mol. The van der Waals surface area contributed by atoms with E-state index in [1.165, 1.54) is 0 Å². The number of hydrogen-bond acceptors (Lipinski definition) is 2. The van der Waals surface area contributed by atoms with Crippen LogP contribution in [-0.4, -0.2) is 120 Å². The minimum atomic E-state index is -0.881. The van der Waals surface area contributed by atoms with Crippen LogP contribution in [0.4, 0.5) is 0 Å². The summed E-state index contributed by atoms with van der Waals surface area (Å²) in [6.07, 6.45) is 0. The zero-order valence-electron chi connectivity index (χ0n) is 2.51. The number of rotatable bonds is 1. The van der Waals surface area contributed by atoms with Crippen LogP contribution >= 0.6 is 12.6 Å². The number of carbonyl (C=O) groups is 1. The van der Waals surface area contributed by atoms with Crippen LogP contribution in [0.15, 0.2) is 0 Å². The molecule has 0 fully saturated rings. The summed E-state index contributed by atoms with van der Waals surface area (Å²) in [4.78, 5) is 9.29. The molecule has 0 atom stereocenters. The molecule has 34 valence electrons. The van der Waals surface area contributed by atoms with Crippen molar-refractivity contribution in [1.29, 1.82) is 0 Å². The Balaban J connectivity index is -0.0000000800. The van der Waals surface area contributed by atoms with E-state index in [1.54, 1.807) is 0 Å². The third-order valence-electron chi connectivity index (χ3n) is 0.135. The SMILES string of the molecule is O=C(O)CS.[KH].[KH]. The van der Waals surface area contributed by atoms with Gasteiger partial charge in [0.05, 0.1) is 5.75 Å². The van der Waals surface area contributed by atoms with Crippen molar-refractivity contribution in [3.63, 3.8) is 0 Å². The molecule has 0 radical (unpaired) electrons. The molecule has 1 N–H and O–H groups in total. The van der Waals surface area contributed by atoms with Crippen LogP contribution < -0.4 is 0 Å². The van der Waals surface area contributed by atoms with E-state index in [0.29, 0.717) is 0 Å². The molecule has 0 amide bonds. The summed E-state index contributed by atoms with van der Waals surface area (Å²) in [7, 11) is 0. The van der Waals surface area contributed by atoms with Crippen LogP contribution in [0.1, 0.15) is 0 Å². The maximum atomic E-state index is 9.29. The Kier molecular flexibility index (Phi) is 28.0. The van der Waals surface area contributed by atoms with Gasteiger partial charge in [-0.2, -0.15) is 12.6 Å². The van der Waals surface area contributed by atoms with Crippen LogP contribution in [0.25, 0.3) is 0 Å². The molecule has 0 aliphatic heterocycles. The van der Waals surface area contributed by atoms with Crippen molar-refractivity contribution in [3.05, 3.63) is 0 Å². The molecule has 0 bridgehead atoms. The van der Waals surface area contributed by atoms with Gasteiger partial charge in [0, 0.05) is 0 Å². The summed E-state index contributed by atoms with van der Waals surface area (Å²) >= 11 is 3.42. The fourth-order valence-electron chi connectivity index (χ4n) is 0. The van der Waals surface area contributed by atoms with Crippen molar-refractivity contribution in [2.24, 2.45) is 0 Å². The third kappa shape index (κ3) is 17.6. The van der Waals surface area contributed by atoms with Gasteiger partial charge in [-0.1, -0.05) is 0 Å². The van der Waals surface area contributed by atoms with Crippen LogP contribution in [-0.2, 0) is 4.79 Å². The molecule has 0 heterocycles. The molecule has 0 rings (SSSR count). The average molecular weight is 172 g/mol. The molecule has 2 nitrogen and oxygen atoms in total. The number of thiol groups is 1. The first-order chi connectivity index (χ1) is 2.27. The van der Waals surface area contributed by atoms with Gasteiger partial charge < -0.3 is 5.11 Å².